The van der Waals surface area contributed by atoms with Crippen molar-refractivity contribution in [1.82, 2.24) is 0 Å². The van der Waals surface area contributed by atoms with Gasteiger partial charge in [-0.3, -0.25) is 0 Å². The molecule has 1 saturated carbocycles. The summed E-state index contributed by atoms with van der Waals surface area (Å²) in [5.74, 6) is 2.40. The largest absolute Gasteiger partial charge is 0.325 e. The average Bonchev–Trinajstić information content (AvgIpc) is 1.82. The molecule has 1 heteroatoms. The lowest BCUT2D eigenvalue weighted by Crippen LogP contribution is -2.58. The van der Waals surface area contributed by atoms with E-state index in [1.165, 1.54) is 6.42 Å². The summed E-state index contributed by atoms with van der Waals surface area (Å²) in [6.45, 7) is 9.01. The van der Waals surface area contributed by atoms with Gasteiger partial charge in [0.25, 0.3) is 0 Å². The first-order chi connectivity index (χ1) is 4.45. The van der Waals surface area contributed by atoms with Crippen molar-refractivity contribution in [2.45, 2.75) is 39.7 Å². The summed E-state index contributed by atoms with van der Waals surface area (Å²) in [7, 11) is 0. The predicted octanol–water partition coefficient (Wildman–Crippen LogP) is 2.02. The van der Waals surface area contributed by atoms with Gasteiger partial charge >= 0.3 is 0 Å². The Bertz CT molecular complexity index is 127. The summed E-state index contributed by atoms with van der Waals surface area (Å²) in [6, 6.07) is 0. The van der Waals surface area contributed by atoms with E-state index in [9.17, 15) is 0 Å². The van der Waals surface area contributed by atoms with E-state index in [4.69, 9.17) is 5.73 Å². The van der Waals surface area contributed by atoms with Gasteiger partial charge < -0.3 is 5.73 Å². The van der Waals surface area contributed by atoms with Crippen LogP contribution in [0.1, 0.15) is 34.1 Å². The van der Waals surface area contributed by atoms with Crippen molar-refractivity contribution >= 4 is 0 Å². The summed E-state index contributed by atoms with van der Waals surface area (Å²) in [4.78, 5) is 0. The second-order valence-electron chi connectivity index (χ2n) is 4.41. The van der Waals surface area contributed by atoms with Crippen molar-refractivity contribution in [3.63, 3.8) is 0 Å². The highest BCUT2D eigenvalue weighted by molar-refractivity contribution is 5.01. The van der Waals surface area contributed by atoms with Gasteiger partial charge in [-0.05, 0) is 31.1 Å². The van der Waals surface area contributed by atoms with Gasteiger partial charge in [-0.2, -0.15) is 0 Å². The molecule has 2 unspecified atom stereocenters. The van der Waals surface area contributed by atoms with E-state index in [2.05, 4.69) is 27.7 Å². The molecule has 60 valence electrons. The SMILES string of the molecule is CC(C)C1CC(C)(N)[C@H]1C. The van der Waals surface area contributed by atoms with Gasteiger partial charge in [-0.25, -0.2) is 0 Å². The summed E-state index contributed by atoms with van der Waals surface area (Å²) in [5, 5.41) is 0. The maximum absolute atomic E-state index is 5.99. The van der Waals surface area contributed by atoms with Crippen LogP contribution in [0.5, 0.6) is 0 Å². The molecule has 0 aliphatic heterocycles. The van der Waals surface area contributed by atoms with Gasteiger partial charge in [0.05, 0.1) is 0 Å². The minimum atomic E-state index is 0.134. The zero-order valence-corrected chi connectivity index (χ0v) is 7.52. The maximum Gasteiger partial charge on any atom is 0.0157 e. The molecule has 0 aromatic rings. The molecule has 0 radical (unpaired) electrons. The average molecular weight is 141 g/mol. The molecule has 1 aliphatic rings. The Hall–Kier alpha value is -0.0400. The Morgan fingerprint density at radius 3 is 2.10 bits per heavy atom. The molecule has 0 aromatic heterocycles. The Kier molecular flexibility index (Phi) is 1.80. The molecular weight excluding hydrogens is 122 g/mol. The van der Waals surface area contributed by atoms with Crippen molar-refractivity contribution in [3.8, 4) is 0 Å². The van der Waals surface area contributed by atoms with Crippen molar-refractivity contribution < 1.29 is 0 Å². The van der Waals surface area contributed by atoms with Crippen LogP contribution in [0.4, 0.5) is 0 Å². The summed E-state index contributed by atoms with van der Waals surface area (Å²) in [6.07, 6.45) is 1.21. The lowest BCUT2D eigenvalue weighted by Gasteiger charge is -2.51. The fourth-order valence-corrected chi connectivity index (χ4v) is 2.01. The Morgan fingerprint density at radius 1 is 1.50 bits per heavy atom. The van der Waals surface area contributed by atoms with Crippen LogP contribution in [0.25, 0.3) is 0 Å². The second kappa shape index (κ2) is 2.23. The Labute approximate surface area is 64.0 Å². The van der Waals surface area contributed by atoms with Gasteiger partial charge in [0, 0.05) is 5.54 Å². The zero-order chi connectivity index (χ0) is 7.94. The zero-order valence-electron chi connectivity index (χ0n) is 7.52. The monoisotopic (exact) mass is 141 g/mol. The lowest BCUT2D eigenvalue weighted by molar-refractivity contribution is 0.0324. The van der Waals surface area contributed by atoms with Crippen LogP contribution in [0.2, 0.25) is 0 Å². The van der Waals surface area contributed by atoms with Crippen LogP contribution in [0.15, 0.2) is 0 Å². The van der Waals surface area contributed by atoms with Crippen molar-refractivity contribution in [2.75, 3.05) is 0 Å². The molecule has 1 nitrogen and oxygen atoms in total. The highest BCUT2D eigenvalue weighted by Crippen LogP contribution is 2.45. The van der Waals surface area contributed by atoms with E-state index >= 15 is 0 Å². The van der Waals surface area contributed by atoms with Gasteiger partial charge in [0.2, 0.25) is 0 Å². The normalized spacial score (nSPS) is 47.4. The minimum Gasteiger partial charge on any atom is -0.325 e. The molecule has 1 rings (SSSR count). The molecule has 0 spiro atoms. The van der Waals surface area contributed by atoms with E-state index in [1.807, 2.05) is 0 Å². The van der Waals surface area contributed by atoms with Crippen LogP contribution in [0.3, 0.4) is 0 Å². The number of rotatable bonds is 1. The van der Waals surface area contributed by atoms with Crippen LogP contribution in [-0.4, -0.2) is 5.54 Å². The van der Waals surface area contributed by atoms with E-state index in [0.717, 1.165) is 11.8 Å². The quantitative estimate of drug-likeness (QED) is 0.594. The predicted molar refractivity (Wildman–Crippen MR) is 44.7 cm³/mol. The Balaban J connectivity index is 2.47. The third-order valence-electron chi connectivity index (χ3n) is 3.21. The van der Waals surface area contributed by atoms with Crippen LogP contribution < -0.4 is 5.73 Å². The molecule has 0 heterocycles. The Morgan fingerprint density at radius 2 is 2.00 bits per heavy atom. The highest BCUT2D eigenvalue weighted by Gasteiger charge is 2.45. The van der Waals surface area contributed by atoms with Crippen LogP contribution >= 0.6 is 0 Å². The summed E-state index contributed by atoms with van der Waals surface area (Å²) < 4.78 is 0. The van der Waals surface area contributed by atoms with Gasteiger partial charge in [-0.1, -0.05) is 20.8 Å². The molecule has 0 saturated heterocycles. The van der Waals surface area contributed by atoms with Crippen molar-refractivity contribution in [3.05, 3.63) is 0 Å². The van der Waals surface area contributed by atoms with E-state index in [1.54, 1.807) is 0 Å². The van der Waals surface area contributed by atoms with Gasteiger partial charge in [0.15, 0.2) is 0 Å². The minimum absolute atomic E-state index is 0.134. The van der Waals surface area contributed by atoms with Crippen molar-refractivity contribution in [2.24, 2.45) is 23.5 Å². The first-order valence-electron chi connectivity index (χ1n) is 4.24. The third kappa shape index (κ3) is 1.07. The molecule has 0 aromatic carbocycles. The molecule has 1 fully saturated rings. The van der Waals surface area contributed by atoms with Crippen LogP contribution in [-0.2, 0) is 0 Å². The molecule has 0 bridgehead atoms. The maximum atomic E-state index is 5.99. The van der Waals surface area contributed by atoms with Gasteiger partial charge in [0.1, 0.15) is 0 Å². The number of hydrogen-bond donors (Lipinski definition) is 1. The summed E-state index contributed by atoms with van der Waals surface area (Å²) >= 11 is 0. The molecule has 10 heavy (non-hydrogen) atoms. The first-order valence-corrected chi connectivity index (χ1v) is 4.24. The molecule has 2 N–H and O–H groups in total. The summed E-state index contributed by atoms with van der Waals surface area (Å²) in [5.41, 5.74) is 6.13. The number of hydrogen-bond acceptors (Lipinski definition) is 1. The third-order valence-corrected chi connectivity index (χ3v) is 3.21. The highest BCUT2D eigenvalue weighted by atomic mass is 14.8. The first kappa shape index (κ1) is 8.06. The molecule has 1 aliphatic carbocycles. The van der Waals surface area contributed by atoms with E-state index in [0.29, 0.717) is 5.92 Å². The standard InChI is InChI=1S/C9H19N/c1-6(2)8-5-9(4,10)7(8)3/h6-8H,5,10H2,1-4H3/t7-,8?,9?/m0/s1. The van der Waals surface area contributed by atoms with Crippen LogP contribution in [0, 0.1) is 17.8 Å². The topological polar surface area (TPSA) is 26.0 Å². The van der Waals surface area contributed by atoms with Gasteiger partial charge in [-0.15, -0.1) is 0 Å². The smallest absolute Gasteiger partial charge is 0.0157 e. The fourth-order valence-electron chi connectivity index (χ4n) is 2.01. The molecule has 0 amide bonds. The lowest BCUT2D eigenvalue weighted by atomic mass is 9.58. The molecule has 3 atom stereocenters. The van der Waals surface area contributed by atoms with E-state index < -0.39 is 0 Å². The molecular formula is C9H19N. The fraction of sp³-hybridized carbons (Fsp3) is 1.00. The second-order valence-corrected chi connectivity index (χ2v) is 4.41. The van der Waals surface area contributed by atoms with E-state index in [-0.39, 0.29) is 5.54 Å². The van der Waals surface area contributed by atoms with Crippen molar-refractivity contribution in [1.29, 1.82) is 0 Å². The number of nitrogens with two attached hydrogens (primary N) is 1.